The van der Waals surface area contributed by atoms with Gasteiger partial charge in [-0.1, -0.05) is 65.7 Å². The van der Waals surface area contributed by atoms with E-state index >= 15 is 0 Å². The number of amides is 2. The summed E-state index contributed by atoms with van der Waals surface area (Å²) >= 11 is 11.9. The van der Waals surface area contributed by atoms with Gasteiger partial charge in [0.1, 0.15) is 12.6 Å². The molecule has 0 saturated carbocycles. The molecule has 2 amide bonds. The number of carbonyl (C=O) groups is 2. The SMILES string of the molecule is CCNC(=O)C(Cc1ccccc1)N(Cc1cccc(Cl)c1)C(=O)CN(c1ccc(Cl)c(C(F)(F)F)c1)S(C)(=O)=O. The third-order valence-electron chi connectivity index (χ3n) is 6.09. The van der Waals surface area contributed by atoms with Gasteiger partial charge in [0.2, 0.25) is 21.8 Å². The Morgan fingerprint density at radius 3 is 2.20 bits per heavy atom. The molecule has 0 aliphatic rings. The third kappa shape index (κ3) is 8.85. The van der Waals surface area contributed by atoms with Crippen LogP contribution < -0.4 is 9.62 Å². The normalized spacial score (nSPS) is 12.5. The number of likely N-dealkylation sites (N-methyl/N-ethyl adjacent to an activating group) is 1. The Kier molecular flexibility index (Phi) is 10.7. The number of nitrogens with one attached hydrogen (secondary N) is 1. The molecule has 0 aliphatic heterocycles. The maximum absolute atomic E-state index is 13.9. The van der Waals surface area contributed by atoms with Gasteiger partial charge < -0.3 is 10.2 Å². The van der Waals surface area contributed by atoms with Crippen molar-refractivity contribution in [2.75, 3.05) is 23.7 Å². The van der Waals surface area contributed by atoms with Gasteiger partial charge in [-0.2, -0.15) is 13.2 Å². The van der Waals surface area contributed by atoms with Crippen LogP contribution in [-0.4, -0.2) is 50.5 Å². The molecule has 0 aromatic heterocycles. The first-order valence-electron chi connectivity index (χ1n) is 12.4. The van der Waals surface area contributed by atoms with Gasteiger partial charge >= 0.3 is 6.18 Å². The second kappa shape index (κ2) is 13.6. The lowest BCUT2D eigenvalue weighted by atomic mass is 10.0. The van der Waals surface area contributed by atoms with Crippen molar-refractivity contribution in [1.82, 2.24) is 10.2 Å². The number of hydrogen-bond donors (Lipinski definition) is 1. The number of carbonyl (C=O) groups excluding carboxylic acids is 2. The zero-order valence-electron chi connectivity index (χ0n) is 22.2. The van der Waals surface area contributed by atoms with Crippen molar-refractivity contribution in [3.8, 4) is 0 Å². The van der Waals surface area contributed by atoms with Crippen LogP contribution in [0.5, 0.6) is 0 Å². The second-order valence-corrected chi connectivity index (χ2v) is 11.9. The van der Waals surface area contributed by atoms with Gasteiger partial charge in [-0.3, -0.25) is 13.9 Å². The van der Waals surface area contributed by atoms with Crippen LogP contribution in [0.25, 0.3) is 0 Å². The molecule has 0 fully saturated rings. The predicted octanol–water partition coefficient (Wildman–Crippen LogP) is 5.55. The number of rotatable bonds is 11. The van der Waals surface area contributed by atoms with Crippen LogP contribution in [0.3, 0.4) is 0 Å². The van der Waals surface area contributed by atoms with E-state index in [1.807, 2.05) is 0 Å². The van der Waals surface area contributed by atoms with Crippen molar-refractivity contribution in [1.29, 1.82) is 0 Å². The Balaban J connectivity index is 2.09. The van der Waals surface area contributed by atoms with Gasteiger partial charge in [-0.15, -0.1) is 0 Å². The average Bonchev–Trinajstić information content (AvgIpc) is 2.89. The minimum Gasteiger partial charge on any atom is -0.355 e. The predicted molar refractivity (Wildman–Crippen MR) is 153 cm³/mol. The number of anilines is 1. The second-order valence-electron chi connectivity index (χ2n) is 9.18. The Morgan fingerprint density at radius 1 is 0.951 bits per heavy atom. The molecule has 1 unspecified atom stereocenters. The molecule has 7 nitrogen and oxygen atoms in total. The summed E-state index contributed by atoms with van der Waals surface area (Å²) in [5, 5.41) is 2.47. The molecule has 0 aliphatic carbocycles. The average molecular weight is 631 g/mol. The van der Waals surface area contributed by atoms with E-state index in [0.717, 1.165) is 24.0 Å². The minimum absolute atomic E-state index is 0.0943. The Labute approximate surface area is 246 Å². The number of nitrogens with zero attached hydrogens (tertiary/aromatic N) is 2. The van der Waals surface area contributed by atoms with Crippen molar-refractivity contribution >= 4 is 50.7 Å². The van der Waals surface area contributed by atoms with E-state index in [2.05, 4.69) is 5.32 Å². The maximum atomic E-state index is 13.9. The summed E-state index contributed by atoms with van der Waals surface area (Å²) in [4.78, 5) is 28.4. The lowest BCUT2D eigenvalue weighted by molar-refractivity contribution is -0.140. The van der Waals surface area contributed by atoms with Crippen LogP contribution in [0.4, 0.5) is 18.9 Å². The maximum Gasteiger partial charge on any atom is 0.417 e. The molecule has 0 saturated heterocycles. The van der Waals surface area contributed by atoms with E-state index in [-0.39, 0.29) is 19.5 Å². The highest BCUT2D eigenvalue weighted by atomic mass is 35.5. The van der Waals surface area contributed by atoms with E-state index in [1.165, 1.54) is 4.90 Å². The van der Waals surface area contributed by atoms with Gasteiger partial charge in [0.15, 0.2) is 0 Å². The van der Waals surface area contributed by atoms with E-state index < -0.39 is 56.9 Å². The van der Waals surface area contributed by atoms with Crippen molar-refractivity contribution in [3.63, 3.8) is 0 Å². The van der Waals surface area contributed by atoms with Crippen molar-refractivity contribution < 1.29 is 31.2 Å². The zero-order valence-corrected chi connectivity index (χ0v) is 24.5. The molecule has 3 aromatic rings. The van der Waals surface area contributed by atoms with E-state index in [0.29, 0.717) is 21.0 Å². The molecule has 3 rings (SSSR count). The highest BCUT2D eigenvalue weighted by Gasteiger charge is 2.36. The highest BCUT2D eigenvalue weighted by molar-refractivity contribution is 7.92. The first-order chi connectivity index (χ1) is 19.2. The molecule has 1 atom stereocenters. The topological polar surface area (TPSA) is 86.8 Å². The van der Waals surface area contributed by atoms with Crippen LogP contribution in [-0.2, 0) is 38.8 Å². The molecule has 13 heteroatoms. The van der Waals surface area contributed by atoms with Crippen LogP contribution >= 0.6 is 23.2 Å². The molecule has 1 N–H and O–H groups in total. The third-order valence-corrected chi connectivity index (χ3v) is 7.79. The summed E-state index contributed by atoms with van der Waals surface area (Å²) < 4.78 is 66.8. The summed E-state index contributed by atoms with van der Waals surface area (Å²) in [5.74, 6) is -1.30. The molecule has 0 bridgehead atoms. The molecular weight excluding hydrogens is 602 g/mol. The lowest BCUT2D eigenvalue weighted by Gasteiger charge is -2.33. The van der Waals surface area contributed by atoms with E-state index in [9.17, 15) is 31.2 Å². The fraction of sp³-hybridized carbons (Fsp3) is 0.286. The zero-order chi connectivity index (χ0) is 30.4. The van der Waals surface area contributed by atoms with Gasteiger partial charge in [0.25, 0.3) is 0 Å². The lowest BCUT2D eigenvalue weighted by Crippen LogP contribution is -2.53. The summed E-state index contributed by atoms with van der Waals surface area (Å²) in [7, 11) is -4.26. The minimum atomic E-state index is -4.86. The number of hydrogen-bond acceptors (Lipinski definition) is 4. The molecule has 41 heavy (non-hydrogen) atoms. The summed E-state index contributed by atoms with van der Waals surface area (Å²) in [5.41, 5.74) is -0.360. The summed E-state index contributed by atoms with van der Waals surface area (Å²) in [6.45, 7) is 0.984. The monoisotopic (exact) mass is 629 g/mol. The highest BCUT2D eigenvalue weighted by Crippen LogP contribution is 2.37. The molecule has 3 aromatic carbocycles. The molecule has 0 radical (unpaired) electrons. The molecule has 0 heterocycles. The first kappa shape index (κ1) is 32.2. The molecule has 220 valence electrons. The quantitative estimate of drug-likeness (QED) is 0.301. The Bertz CT molecular complexity index is 1490. The Hall–Kier alpha value is -3.28. The van der Waals surface area contributed by atoms with Gasteiger partial charge in [0, 0.05) is 24.5 Å². The number of alkyl halides is 3. The Morgan fingerprint density at radius 2 is 1.61 bits per heavy atom. The first-order valence-corrected chi connectivity index (χ1v) is 15.0. The number of halogens is 5. The fourth-order valence-corrected chi connectivity index (χ4v) is 5.46. The van der Waals surface area contributed by atoms with Crippen LogP contribution in [0, 0.1) is 0 Å². The molecule has 0 spiro atoms. The van der Waals surface area contributed by atoms with Gasteiger partial charge in [-0.05, 0) is 48.4 Å². The summed E-state index contributed by atoms with van der Waals surface area (Å²) in [6, 6.07) is 17.0. The van der Waals surface area contributed by atoms with Crippen LogP contribution in [0.1, 0.15) is 23.6 Å². The van der Waals surface area contributed by atoms with Crippen LogP contribution in [0.2, 0.25) is 10.0 Å². The van der Waals surface area contributed by atoms with Crippen molar-refractivity contribution in [3.05, 3.63) is 99.5 Å². The standard InChI is InChI=1S/C28H28Cl2F3N3O4S/c1-3-34-27(38)25(15-19-8-5-4-6-9-19)35(17-20-10-7-11-21(29)14-20)26(37)18-36(41(2,39)40)22-12-13-24(30)23(16-22)28(31,32)33/h4-14,16,25H,3,15,17-18H2,1-2H3,(H,34,38). The smallest absolute Gasteiger partial charge is 0.355 e. The molecular formula is C28H28Cl2F3N3O4S. The van der Waals surface area contributed by atoms with Crippen molar-refractivity contribution in [2.45, 2.75) is 32.1 Å². The fourth-order valence-electron chi connectivity index (χ4n) is 4.18. The van der Waals surface area contributed by atoms with Crippen molar-refractivity contribution in [2.24, 2.45) is 0 Å². The van der Waals surface area contributed by atoms with E-state index in [4.69, 9.17) is 23.2 Å². The van der Waals surface area contributed by atoms with Crippen LogP contribution in [0.15, 0.2) is 72.8 Å². The largest absolute Gasteiger partial charge is 0.417 e. The summed E-state index contributed by atoms with van der Waals surface area (Å²) in [6.07, 6.45) is -4.00. The number of sulfonamides is 1. The van der Waals surface area contributed by atoms with Gasteiger partial charge in [0.05, 0.1) is 22.5 Å². The van der Waals surface area contributed by atoms with Gasteiger partial charge in [-0.25, -0.2) is 8.42 Å². The van der Waals surface area contributed by atoms with E-state index in [1.54, 1.807) is 61.5 Å². The number of benzene rings is 3.